The molecule has 2 fully saturated rings. The van der Waals surface area contributed by atoms with Crippen LogP contribution in [0.15, 0.2) is 22.7 Å². The first-order chi connectivity index (χ1) is 8.61. The minimum absolute atomic E-state index is 0. The summed E-state index contributed by atoms with van der Waals surface area (Å²) < 4.78 is 14.1. The molecule has 1 saturated heterocycles. The Balaban J connectivity index is 0.00000133. The van der Waals surface area contributed by atoms with Gasteiger partial charge in [0.25, 0.3) is 0 Å². The van der Waals surface area contributed by atoms with E-state index in [1.807, 2.05) is 6.07 Å². The highest BCUT2D eigenvalue weighted by Gasteiger charge is 2.40. The third-order valence-corrected chi connectivity index (χ3v) is 4.77. The molecule has 3 atom stereocenters. The van der Waals surface area contributed by atoms with Crippen LogP contribution in [-0.4, -0.2) is 24.0 Å². The topological polar surface area (TPSA) is 29.3 Å². The first kappa shape index (κ1) is 15.2. The third kappa shape index (κ3) is 3.30. The number of likely N-dealkylation sites (tertiary alicyclic amines) is 1. The van der Waals surface area contributed by atoms with Gasteiger partial charge in [-0.3, -0.25) is 4.90 Å². The first-order valence-electron chi connectivity index (χ1n) is 6.55. The second-order valence-corrected chi connectivity index (χ2v) is 6.55. The van der Waals surface area contributed by atoms with Gasteiger partial charge < -0.3 is 5.73 Å². The Morgan fingerprint density at radius 2 is 2.05 bits per heavy atom. The molecule has 0 radical (unpaired) electrons. The molecule has 5 heteroatoms. The van der Waals surface area contributed by atoms with E-state index in [9.17, 15) is 4.39 Å². The minimum atomic E-state index is -0.171. The highest BCUT2D eigenvalue weighted by atomic mass is 79.9. The lowest BCUT2D eigenvalue weighted by molar-refractivity contribution is 0.298. The average Bonchev–Trinajstić information content (AvgIpc) is 2.80. The molecule has 3 unspecified atom stereocenters. The summed E-state index contributed by atoms with van der Waals surface area (Å²) in [7, 11) is 0. The predicted molar refractivity (Wildman–Crippen MR) is 80.8 cm³/mol. The van der Waals surface area contributed by atoms with Gasteiger partial charge >= 0.3 is 0 Å². The summed E-state index contributed by atoms with van der Waals surface area (Å²) in [6.07, 6.45) is 2.43. The Morgan fingerprint density at radius 1 is 1.26 bits per heavy atom. The van der Waals surface area contributed by atoms with Crippen molar-refractivity contribution in [3.63, 3.8) is 0 Å². The van der Waals surface area contributed by atoms with Crippen molar-refractivity contribution in [3.8, 4) is 0 Å². The zero-order chi connectivity index (χ0) is 12.7. The molecule has 2 nitrogen and oxygen atoms in total. The maximum absolute atomic E-state index is 13.3. The van der Waals surface area contributed by atoms with E-state index in [1.54, 1.807) is 6.07 Å². The standard InChI is InChI=1S/C14H18BrFN2.ClH/c15-11-3-9(4-12(16)5-11)6-18-7-10-1-2-14(17)13(10)8-18;/h3-5,10,13-14H,1-2,6-8,17H2;1H. The quantitative estimate of drug-likeness (QED) is 0.888. The van der Waals surface area contributed by atoms with Gasteiger partial charge in [-0.25, -0.2) is 4.39 Å². The molecule has 106 valence electrons. The number of nitrogens with two attached hydrogens (primary N) is 1. The van der Waals surface area contributed by atoms with Crippen LogP contribution in [0.5, 0.6) is 0 Å². The normalized spacial score (nSPS) is 30.2. The van der Waals surface area contributed by atoms with Gasteiger partial charge in [-0.15, -0.1) is 12.4 Å². The van der Waals surface area contributed by atoms with E-state index < -0.39 is 0 Å². The van der Waals surface area contributed by atoms with E-state index >= 15 is 0 Å². The predicted octanol–water partition coefficient (Wildman–Crippen LogP) is 3.18. The maximum Gasteiger partial charge on any atom is 0.124 e. The number of rotatable bonds is 2. The molecule has 3 rings (SSSR count). The van der Waals surface area contributed by atoms with Gasteiger partial charge in [0.05, 0.1) is 0 Å². The summed E-state index contributed by atoms with van der Waals surface area (Å²) in [4.78, 5) is 2.41. The van der Waals surface area contributed by atoms with Crippen LogP contribution in [0.4, 0.5) is 4.39 Å². The highest BCUT2D eigenvalue weighted by Crippen LogP contribution is 2.37. The molecule has 1 aliphatic carbocycles. The third-order valence-electron chi connectivity index (χ3n) is 4.32. The smallest absolute Gasteiger partial charge is 0.124 e. The van der Waals surface area contributed by atoms with Gasteiger partial charge in [-0.2, -0.15) is 0 Å². The summed E-state index contributed by atoms with van der Waals surface area (Å²) >= 11 is 3.34. The van der Waals surface area contributed by atoms with Crippen molar-refractivity contribution < 1.29 is 4.39 Å². The van der Waals surface area contributed by atoms with Gasteiger partial charge in [0.1, 0.15) is 5.82 Å². The van der Waals surface area contributed by atoms with Crippen LogP contribution < -0.4 is 5.73 Å². The molecule has 19 heavy (non-hydrogen) atoms. The van der Waals surface area contributed by atoms with Crippen LogP contribution in [0.1, 0.15) is 18.4 Å². The fourth-order valence-electron chi connectivity index (χ4n) is 3.49. The first-order valence-corrected chi connectivity index (χ1v) is 7.34. The lowest BCUT2D eigenvalue weighted by Gasteiger charge is -2.18. The summed E-state index contributed by atoms with van der Waals surface area (Å²) in [5.74, 6) is 1.24. The zero-order valence-electron chi connectivity index (χ0n) is 10.7. The summed E-state index contributed by atoms with van der Waals surface area (Å²) in [5, 5.41) is 0. The van der Waals surface area contributed by atoms with E-state index in [4.69, 9.17) is 5.73 Å². The second-order valence-electron chi connectivity index (χ2n) is 5.64. The highest BCUT2D eigenvalue weighted by molar-refractivity contribution is 9.10. The van der Waals surface area contributed by atoms with Crippen molar-refractivity contribution in [3.05, 3.63) is 34.1 Å². The van der Waals surface area contributed by atoms with E-state index in [0.29, 0.717) is 12.0 Å². The number of fused-ring (bicyclic) bond motifs is 1. The lowest BCUT2D eigenvalue weighted by Crippen LogP contribution is -2.30. The molecule has 1 aliphatic heterocycles. The van der Waals surface area contributed by atoms with Crippen molar-refractivity contribution in [1.82, 2.24) is 4.90 Å². The van der Waals surface area contributed by atoms with Crippen LogP contribution in [0, 0.1) is 17.7 Å². The van der Waals surface area contributed by atoms with Crippen molar-refractivity contribution in [2.45, 2.75) is 25.4 Å². The summed E-state index contributed by atoms with van der Waals surface area (Å²) in [5.41, 5.74) is 7.17. The average molecular weight is 350 g/mol. The van der Waals surface area contributed by atoms with E-state index in [0.717, 1.165) is 35.6 Å². The Bertz CT molecular complexity index is 437. The van der Waals surface area contributed by atoms with Crippen molar-refractivity contribution >= 4 is 28.3 Å². The summed E-state index contributed by atoms with van der Waals surface area (Å²) in [6, 6.07) is 5.49. The molecule has 2 N–H and O–H groups in total. The Morgan fingerprint density at radius 3 is 2.74 bits per heavy atom. The van der Waals surface area contributed by atoms with Crippen molar-refractivity contribution in [1.29, 1.82) is 0 Å². The van der Waals surface area contributed by atoms with Gasteiger partial charge in [0.15, 0.2) is 0 Å². The fourth-order valence-corrected chi connectivity index (χ4v) is 4.00. The van der Waals surface area contributed by atoms with Crippen LogP contribution >= 0.6 is 28.3 Å². The van der Waals surface area contributed by atoms with E-state index in [-0.39, 0.29) is 18.2 Å². The van der Waals surface area contributed by atoms with Gasteiger partial charge in [0, 0.05) is 30.1 Å². The fraction of sp³-hybridized carbons (Fsp3) is 0.571. The zero-order valence-corrected chi connectivity index (χ0v) is 13.1. The largest absolute Gasteiger partial charge is 0.327 e. The van der Waals surface area contributed by atoms with E-state index in [1.165, 1.54) is 18.9 Å². The number of halogens is 3. The second kappa shape index (κ2) is 6.08. The Kier molecular flexibility index (Phi) is 4.88. The van der Waals surface area contributed by atoms with E-state index in [2.05, 4.69) is 20.8 Å². The van der Waals surface area contributed by atoms with Crippen LogP contribution in [0.25, 0.3) is 0 Å². The lowest BCUT2D eigenvalue weighted by atomic mass is 9.98. The molecule has 0 amide bonds. The number of benzene rings is 1. The molecule has 1 aromatic rings. The van der Waals surface area contributed by atoms with Crippen LogP contribution in [0.3, 0.4) is 0 Å². The van der Waals surface area contributed by atoms with Gasteiger partial charge in [0.2, 0.25) is 0 Å². The summed E-state index contributed by atoms with van der Waals surface area (Å²) in [6.45, 7) is 3.02. The van der Waals surface area contributed by atoms with Crippen molar-refractivity contribution in [2.75, 3.05) is 13.1 Å². The van der Waals surface area contributed by atoms with Crippen LogP contribution in [-0.2, 0) is 6.54 Å². The molecule has 0 aromatic heterocycles. The minimum Gasteiger partial charge on any atom is -0.327 e. The monoisotopic (exact) mass is 348 g/mol. The number of hydrogen-bond donors (Lipinski definition) is 1. The molecule has 1 saturated carbocycles. The Labute approximate surface area is 128 Å². The van der Waals surface area contributed by atoms with Crippen molar-refractivity contribution in [2.24, 2.45) is 17.6 Å². The van der Waals surface area contributed by atoms with Gasteiger partial charge in [-0.1, -0.05) is 15.9 Å². The number of hydrogen-bond acceptors (Lipinski definition) is 2. The maximum atomic E-state index is 13.3. The van der Waals surface area contributed by atoms with Crippen LogP contribution in [0.2, 0.25) is 0 Å². The number of nitrogens with zero attached hydrogens (tertiary/aromatic N) is 1. The molecular formula is C14H19BrClFN2. The molecule has 1 heterocycles. The SMILES string of the molecule is Cl.NC1CCC2CN(Cc3cc(F)cc(Br)c3)CC12. The molecule has 0 spiro atoms. The molecule has 2 aliphatic rings. The molecular weight excluding hydrogens is 331 g/mol. The van der Waals surface area contributed by atoms with Gasteiger partial charge in [-0.05, 0) is 48.4 Å². The Hall–Kier alpha value is -0.160. The molecule has 0 bridgehead atoms. The molecule has 1 aromatic carbocycles.